The van der Waals surface area contributed by atoms with Crippen LogP contribution in [0, 0.1) is 0 Å². The van der Waals surface area contributed by atoms with E-state index < -0.39 is 15.7 Å². The van der Waals surface area contributed by atoms with E-state index in [-0.39, 0.29) is 11.5 Å². The van der Waals surface area contributed by atoms with Crippen molar-refractivity contribution in [2.75, 3.05) is 0 Å². The molecule has 0 aromatic heterocycles. The number of para-hydroxylation sites is 2. The molecule has 0 radical (unpaired) electrons. The minimum absolute atomic E-state index is 0.170. The molecular weight excluding hydrogens is 302 g/mol. The van der Waals surface area contributed by atoms with Crippen molar-refractivity contribution in [3.63, 3.8) is 0 Å². The SMILES string of the molecule is O=P(=O)OP(=O)(Oc1ccccc1)Oc1ccccc1. The van der Waals surface area contributed by atoms with E-state index in [1.807, 2.05) is 0 Å². The Balaban J connectivity index is 2.24. The van der Waals surface area contributed by atoms with Crippen LogP contribution in [0.5, 0.6) is 11.5 Å². The summed E-state index contributed by atoms with van der Waals surface area (Å²) < 4.78 is 48.1. The van der Waals surface area contributed by atoms with E-state index in [9.17, 15) is 13.7 Å². The van der Waals surface area contributed by atoms with E-state index in [4.69, 9.17) is 9.05 Å². The fourth-order valence-corrected chi connectivity index (χ4v) is 3.07. The predicted octanol–water partition coefficient (Wildman–Crippen LogP) is 4.36. The quantitative estimate of drug-likeness (QED) is 0.737. The van der Waals surface area contributed by atoms with Crippen molar-refractivity contribution >= 4 is 15.7 Å². The van der Waals surface area contributed by atoms with Gasteiger partial charge in [-0.3, -0.25) is 0 Å². The Labute approximate surface area is 115 Å². The minimum atomic E-state index is -4.32. The molecule has 0 saturated heterocycles. The molecule has 0 spiro atoms. The largest absolute Gasteiger partial charge is 0.600 e. The average Bonchev–Trinajstić information content (AvgIpc) is 2.39. The molecule has 0 aliphatic rings. The van der Waals surface area contributed by atoms with E-state index >= 15 is 0 Å². The number of rotatable bonds is 6. The Kier molecular flexibility index (Phi) is 4.74. The number of phosphoric acid groups is 1. The summed E-state index contributed by atoms with van der Waals surface area (Å²) in [6, 6.07) is 16.0. The van der Waals surface area contributed by atoms with Crippen LogP contribution < -0.4 is 9.05 Å². The molecule has 0 bridgehead atoms. The van der Waals surface area contributed by atoms with E-state index in [0.717, 1.165) is 0 Å². The maximum Gasteiger partial charge on any atom is 0.600 e. The third kappa shape index (κ3) is 4.35. The van der Waals surface area contributed by atoms with Crippen LogP contribution in [0.4, 0.5) is 0 Å². The molecule has 104 valence electrons. The van der Waals surface area contributed by atoms with Gasteiger partial charge in [-0.25, -0.2) is 13.7 Å². The molecule has 0 aliphatic heterocycles. The molecule has 20 heavy (non-hydrogen) atoms. The predicted molar refractivity (Wildman–Crippen MR) is 71.1 cm³/mol. The van der Waals surface area contributed by atoms with Gasteiger partial charge in [0.2, 0.25) is 0 Å². The van der Waals surface area contributed by atoms with Gasteiger partial charge >= 0.3 is 15.7 Å². The van der Waals surface area contributed by atoms with Crippen molar-refractivity contribution in [3.8, 4) is 11.5 Å². The zero-order valence-electron chi connectivity index (χ0n) is 10.1. The topological polar surface area (TPSA) is 78.9 Å². The fraction of sp³-hybridized carbons (Fsp3) is 0. The van der Waals surface area contributed by atoms with Crippen molar-refractivity contribution in [2.24, 2.45) is 0 Å². The molecule has 0 fully saturated rings. The van der Waals surface area contributed by atoms with Gasteiger partial charge in [-0.2, -0.15) is 0 Å². The van der Waals surface area contributed by atoms with Crippen LogP contribution in [0.15, 0.2) is 60.7 Å². The second kappa shape index (κ2) is 6.53. The standard InChI is InChI=1S/C12H10O6P2/c13-19(14)18-20(15,16-11-7-3-1-4-8-11)17-12-9-5-2-6-10-12/h1-10H. The summed E-state index contributed by atoms with van der Waals surface area (Å²) in [4.78, 5) is 0. The van der Waals surface area contributed by atoms with Crippen molar-refractivity contribution in [3.05, 3.63) is 60.7 Å². The second-order valence-corrected chi connectivity index (χ2v) is 5.92. The highest BCUT2D eigenvalue weighted by atomic mass is 31.2. The Morgan fingerprint density at radius 1 is 0.750 bits per heavy atom. The van der Waals surface area contributed by atoms with Crippen LogP contribution in [0.2, 0.25) is 0 Å². The van der Waals surface area contributed by atoms with Crippen LogP contribution >= 0.6 is 15.7 Å². The highest BCUT2D eigenvalue weighted by Crippen LogP contribution is 2.53. The lowest BCUT2D eigenvalue weighted by atomic mass is 10.3. The van der Waals surface area contributed by atoms with Gasteiger partial charge in [0.15, 0.2) is 0 Å². The van der Waals surface area contributed by atoms with Gasteiger partial charge in [0.25, 0.3) is 0 Å². The third-order valence-electron chi connectivity index (χ3n) is 2.09. The molecule has 0 N–H and O–H groups in total. The molecule has 2 aromatic carbocycles. The summed E-state index contributed by atoms with van der Waals surface area (Å²) in [5.74, 6) is 0.340. The van der Waals surface area contributed by atoms with Crippen LogP contribution in [-0.2, 0) is 18.0 Å². The third-order valence-corrected chi connectivity index (χ3v) is 4.29. The lowest BCUT2D eigenvalue weighted by Crippen LogP contribution is -2.01. The summed E-state index contributed by atoms with van der Waals surface area (Å²) in [5, 5.41) is 0. The number of hydrogen-bond acceptors (Lipinski definition) is 6. The first kappa shape index (κ1) is 14.5. The summed E-state index contributed by atoms with van der Waals surface area (Å²) >= 11 is 0. The zero-order chi connectivity index (χ0) is 14.4. The zero-order valence-corrected chi connectivity index (χ0v) is 11.9. The van der Waals surface area contributed by atoms with Gasteiger partial charge in [-0.15, -0.1) is 4.31 Å². The van der Waals surface area contributed by atoms with Crippen molar-refractivity contribution in [1.82, 2.24) is 0 Å². The van der Waals surface area contributed by atoms with E-state index in [2.05, 4.69) is 4.31 Å². The molecule has 0 aliphatic carbocycles. The van der Waals surface area contributed by atoms with Crippen LogP contribution in [-0.4, -0.2) is 0 Å². The molecule has 8 heteroatoms. The van der Waals surface area contributed by atoms with Crippen LogP contribution in [0.1, 0.15) is 0 Å². The van der Waals surface area contributed by atoms with Gasteiger partial charge in [-0.1, -0.05) is 36.4 Å². The van der Waals surface area contributed by atoms with Crippen molar-refractivity contribution in [2.45, 2.75) is 0 Å². The highest BCUT2D eigenvalue weighted by Gasteiger charge is 2.33. The van der Waals surface area contributed by atoms with Crippen LogP contribution in [0.25, 0.3) is 0 Å². The number of hydrogen-bond donors (Lipinski definition) is 0. The monoisotopic (exact) mass is 312 g/mol. The van der Waals surface area contributed by atoms with Gasteiger partial charge < -0.3 is 9.05 Å². The molecule has 0 atom stereocenters. The molecule has 0 saturated carbocycles. The summed E-state index contributed by atoms with van der Waals surface area (Å²) in [6.07, 6.45) is 0. The number of phosphoric ester groups is 1. The average molecular weight is 312 g/mol. The maximum atomic E-state index is 12.3. The summed E-state index contributed by atoms with van der Waals surface area (Å²) in [5.41, 5.74) is 0. The Hall–Kier alpha value is -1.87. The van der Waals surface area contributed by atoms with Gasteiger partial charge in [0.05, 0.1) is 0 Å². The van der Waals surface area contributed by atoms with Crippen molar-refractivity contribution in [1.29, 1.82) is 0 Å². The van der Waals surface area contributed by atoms with E-state index in [1.54, 1.807) is 36.4 Å². The molecule has 0 heterocycles. The molecule has 0 amide bonds. The highest BCUT2D eigenvalue weighted by molar-refractivity contribution is 7.55. The molecule has 0 unspecified atom stereocenters. The lowest BCUT2D eigenvalue weighted by molar-refractivity contribution is 0.295. The Bertz CT molecular complexity index is 615. The van der Waals surface area contributed by atoms with E-state index in [1.165, 1.54) is 24.3 Å². The van der Waals surface area contributed by atoms with Crippen LogP contribution in [0.3, 0.4) is 0 Å². The van der Waals surface area contributed by atoms with Gasteiger partial charge in [0, 0.05) is 0 Å². The molecule has 2 rings (SSSR count). The molecular formula is C12H10O6P2. The molecule has 6 nitrogen and oxygen atoms in total. The summed E-state index contributed by atoms with van der Waals surface area (Å²) in [7, 11) is -7.71. The smallest absolute Gasteiger partial charge is 0.395 e. The first-order valence-electron chi connectivity index (χ1n) is 5.51. The molecule has 2 aromatic rings. The first-order chi connectivity index (χ1) is 9.57. The lowest BCUT2D eigenvalue weighted by Gasteiger charge is -2.15. The first-order valence-corrected chi connectivity index (χ1v) is 8.06. The number of benzene rings is 2. The fourth-order valence-electron chi connectivity index (χ4n) is 1.35. The second-order valence-electron chi connectivity index (χ2n) is 3.56. The minimum Gasteiger partial charge on any atom is -0.395 e. The maximum absolute atomic E-state index is 12.3. The summed E-state index contributed by atoms with van der Waals surface area (Å²) in [6.45, 7) is 0. The van der Waals surface area contributed by atoms with E-state index in [0.29, 0.717) is 0 Å². The Morgan fingerprint density at radius 2 is 1.15 bits per heavy atom. The van der Waals surface area contributed by atoms with Gasteiger partial charge in [0.1, 0.15) is 11.5 Å². The van der Waals surface area contributed by atoms with Gasteiger partial charge in [-0.05, 0) is 24.3 Å². The Morgan fingerprint density at radius 3 is 1.50 bits per heavy atom. The normalized spacial score (nSPS) is 10.8. The van der Waals surface area contributed by atoms with Crippen molar-refractivity contribution < 1.29 is 27.1 Å².